The number of hydrogen-bond donors (Lipinski definition) is 2. The van der Waals surface area contributed by atoms with Crippen LogP contribution in [0.5, 0.6) is 0 Å². The van der Waals surface area contributed by atoms with Gasteiger partial charge in [0.15, 0.2) is 0 Å². The van der Waals surface area contributed by atoms with Crippen molar-refractivity contribution in [3.05, 3.63) is 82.9 Å². The van der Waals surface area contributed by atoms with Gasteiger partial charge in [0.2, 0.25) is 5.95 Å². The van der Waals surface area contributed by atoms with Gasteiger partial charge in [0.25, 0.3) is 5.91 Å². The molecule has 0 radical (unpaired) electrons. The monoisotopic (exact) mass is 356 g/mol. The van der Waals surface area contributed by atoms with Crippen molar-refractivity contribution in [1.82, 2.24) is 9.97 Å². The Labute approximate surface area is 148 Å². The molecular formula is C18H14ClFN4O. The van der Waals surface area contributed by atoms with Crippen molar-refractivity contribution in [2.24, 2.45) is 0 Å². The standard InChI is InChI=1S/C18H14ClFN4O/c19-14-5-7-15(8-6-14)24-17(25)13-10-22-18(23-11-13)21-9-12-3-1-2-4-16(12)20/h1-8,10-11H,9H2,(H,24,25)(H,21,22,23). The van der Waals surface area contributed by atoms with Crippen LogP contribution in [0, 0.1) is 5.82 Å². The minimum atomic E-state index is -0.331. The van der Waals surface area contributed by atoms with Crippen molar-refractivity contribution >= 4 is 29.1 Å². The topological polar surface area (TPSA) is 66.9 Å². The minimum absolute atomic E-state index is 0.253. The summed E-state index contributed by atoms with van der Waals surface area (Å²) < 4.78 is 13.6. The zero-order valence-electron chi connectivity index (χ0n) is 13.0. The molecule has 0 unspecified atom stereocenters. The lowest BCUT2D eigenvalue weighted by molar-refractivity contribution is 0.102. The number of nitrogens with one attached hydrogen (secondary N) is 2. The number of anilines is 2. The van der Waals surface area contributed by atoms with Crippen LogP contribution in [0.15, 0.2) is 60.9 Å². The van der Waals surface area contributed by atoms with Gasteiger partial charge in [-0.3, -0.25) is 4.79 Å². The van der Waals surface area contributed by atoms with E-state index in [1.165, 1.54) is 18.5 Å². The smallest absolute Gasteiger partial charge is 0.258 e. The van der Waals surface area contributed by atoms with Crippen LogP contribution in [-0.4, -0.2) is 15.9 Å². The third kappa shape index (κ3) is 4.51. The second-order valence-electron chi connectivity index (χ2n) is 5.20. The second kappa shape index (κ2) is 7.72. The van der Waals surface area contributed by atoms with Gasteiger partial charge >= 0.3 is 0 Å². The van der Waals surface area contributed by atoms with E-state index in [2.05, 4.69) is 20.6 Å². The quantitative estimate of drug-likeness (QED) is 0.721. The molecule has 1 heterocycles. The van der Waals surface area contributed by atoms with Crippen LogP contribution in [0.25, 0.3) is 0 Å². The van der Waals surface area contributed by atoms with Crippen LogP contribution in [0.3, 0.4) is 0 Å². The third-order valence-electron chi connectivity index (χ3n) is 3.41. The van der Waals surface area contributed by atoms with Gasteiger partial charge in [-0.2, -0.15) is 0 Å². The molecule has 0 atom stereocenters. The molecule has 0 saturated carbocycles. The fourth-order valence-corrected chi connectivity index (χ4v) is 2.22. The molecule has 3 rings (SSSR count). The van der Waals surface area contributed by atoms with Gasteiger partial charge in [-0.1, -0.05) is 29.8 Å². The van der Waals surface area contributed by atoms with Crippen molar-refractivity contribution in [2.45, 2.75) is 6.54 Å². The van der Waals surface area contributed by atoms with Crippen LogP contribution in [0.4, 0.5) is 16.0 Å². The molecular weight excluding hydrogens is 343 g/mol. The van der Waals surface area contributed by atoms with Gasteiger partial charge in [0, 0.05) is 35.2 Å². The summed E-state index contributed by atoms with van der Waals surface area (Å²) in [5.74, 6) is -0.316. The van der Waals surface area contributed by atoms with Crippen LogP contribution >= 0.6 is 11.6 Å². The zero-order valence-corrected chi connectivity index (χ0v) is 13.8. The molecule has 126 valence electrons. The van der Waals surface area contributed by atoms with E-state index in [1.54, 1.807) is 42.5 Å². The largest absolute Gasteiger partial charge is 0.350 e. The van der Waals surface area contributed by atoms with E-state index in [1.807, 2.05) is 0 Å². The van der Waals surface area contributed by atoms with E-state index in [4.69, 9.17) is 11.6 Å². The number of amides is 1. The van der Waals surface area contributed by atoms with Crippen molar-refractivity contribution in [3.63, 3.8) is 0 Å². The normalized spacial score (nSPS) is 10.3. The predicted molar refractivity (Wildman–Crippen MR) is 95.2 cm³/mol. The van der Waals surface area contributed by atoms with Crippen molar-refractivity contribution in [3.8, 4) is 0 Å². The molecule has 0 fully saturated rings. The Kier molecular flexibility index (Phi) is 5.20. The number of aromatic nitrogens is 2. The van der Waals surface area contributed by atoms with E-state index in [9.17, 15) is 9.18 Å². The summed E-state index contributed by atoms with van der Waals surface area (Å²) >= 11 is 5.80. The first-order valence-corrected chi connectivity index (χ1v) is 7.86. The second-order valence-corrected chi connectivity index (χ2v) is 5.64. The summed E-state index contributed by atoms with van der Waals surface area (Å²) in [6.07, 6.45) is 2.81. The lowest BCUT2D eigenvalue weighted by Gasteiger charge is -2.07. The first kappa shape index (κ1) is 16.9. The fraction of sp³-hybridized carbons (Fsp3) is 0.0556. The van der Waals surface area contributed by atoms with Crippen LogP contribution < -0.4 is 10.6 Å². The summed E-state index contributed by atoms with van der Waals surface area (Å²) in [7, 11) is 0. The number of rotatable bonds is 5. The molecule has 5 nitrogen and oxygen atoms in total. The lowest BCUT2D eigenvalue weighted by atomic mass is 10.2. The zero-order chi connectivity index (χ0) is 17.6. The van der Waals surface area contributed by atoms with Gasteiger partial charge in [-0.25, -0.2) is 14.4 Å². The molecule has 1 aromatic heterocycles. The SMILES string of the molecule is O=C(Nc1ccc(Cl)cc1)c1cnc(NCc2ccccc2F)nc1. The Balaban J connectivity index is 1.60. The maximum atomic E-state index is 13.6. The predicted octanol–water partition coefficient (Wildman–Crippen LogP) is 4.13. The number of carbonyl (C=O) groups is 1. The molecule has 7 heteroatoms. The van der Waals surface area contributed by atoms with E-state index in [-0.39, 0.29) is 18.3 Å². The van der Waals surface area contributed by atoms with Gasteiger partial charge in [-0.15, -0.1) is 0 Å². The Morgan fingerprint density at radius 3 is 2.40 bits per heavy atom. The van der Waals surface area contributed by atoms with Gasteiger partial charge in [-0.05, 0) is 30.3 Å². The van der Waals surface area contributed by atoms with Crippen LogP contribution in [0.1, 0.15) is 15.9 Å². The molecule has 0 spiro atoms. The molecule has 1 amide bonds. The van der Waals surface area contributed by atoms with Crippen molar-refractivity contribution in [2.75, 3.05) is 10.6 Å². The molecule has 3 aromatic rings. The number of carbonyl (C=O) groups excluding carboxylic acids is 1. The highest BCUT2D eigenvalue weighted by Gasteiger charge is 2.08. The molecule has 0 bridgehead atoms. The molecule has 0 aliphatic rings. The highest BCUT2D eigenvalue weighted by atomic mass is 35.5. The van der Waals surface area contributed by atoms with Crippen molar-refractivity contribution in [1.29, 1.82) is 0 Å². The number of benzene rings is 2. The maximum absolute atomic E-state index is 13.6. The van der Waals surface area contributed by atoms with E-state index in [0.29, 0.717) is 27.8 Å². The Hall–Kier alpha value is -2.99. The molecule has 0 saturated heterocycles. The summed E-state index contributed by atoms with van der Waals surface area (Å²) in [5, 5.41) is 6.23. The van der Waals surface area contributed by atoms with Crippen molar-refractivity contribution < 1.29 is 9.18 Å². The lowest BCUT2D eigenvalue weighted by Crippen LogP contribution is -2.13. The first-order chi connectivity index (χ1) is 12.1. The molecule has 2 aromatic carbocycles. The average molecular weight is 357 g/mol. The van der Waals surface area contributed by atoms with E-state index < -0.39 is 0 Å². The van der Waals surface area contributed by atoms with E-state index >= 15 is 0 Å². The maximum Gasteiger partial charge on any atom is 0.258 e. The number of hydrogen-bond acceptors (Lipinski definition) is 4. The van der Waals surface area contributed by atoms with E-state index in [0.717, 1.165) is 0 Å². The minimum Gasteiger partial charge on any atom is -0.350 e. The summed E-state index contributed by atoms with van der Waals surface area (Å²) in [6, 6.07) is 13.2. The summed E-state index contributed by atoms with van der Waals surface area (Å²) in [5.41, 5.74) is 1.44. The van der Waals surface area contributed by atoms with Gasteiger partial charge in [0.05, 0.1) is 5.56 Å². The third-order valence-corrected chi connectivity index (χ3v) is 3.66. The average Bonchev–Trinajstić information content (AvgIpc) is 2.63. The molecule has 2 N–H and O–H groups in total. The highest BCUT2D eigenvalue weighted by Crippen LogP contribution is 2.14. The fourth-order valence-electron chi connectivity index (χ4n) is 2.09. The summed E-state index contributed by atoms with van der Waals surface area (Å²) in [4.78, 5) is 20.3. The number of halogens is 2. The Morgan fingerprint density at radius 2 is 1.72 bits per heavy atom. The molecule has 25 heavy (non-hydrogen) atoms. The Morgan fingerprint density at radius 1 is 1.04 bits per heavy atom. The van der Waals surface area contributed by atoms with Crippen LogP contribution in [-0.2, 0) is 6.54 Å². The van der Waals surface area contributed by atoms with Gasteiger partial charge in [0.1, 0.15) is 5.82 Å². The van der Waals surface area contributed by atoms with Crippen LogP contribution in [0.2, 0.25) is 5.02 Å². The first-order valence-electron chi connectivity index (χ1n) is 7.48. The number of nitrogens with zero attached hydrogens (tertiary/aromatic N) is 2. The molecule has 0 aliphatic carbocycles. The van der Waals surface area contributed by atoms with Gasteiger partial charge < -0.3 is 10.6 Å². The Bertz CT molecular complexity index is 869. The highest BCUT2D eigenvalue weighted by molar-refractivity contribution is 6.30. The summed E-state index contributed by atoms with van der Waals surface area (Å²) in [6.45, 7) is 0.253. The molecule has 0 aliphatic heterocycles.